The van der Waals surface area contributed by atoms with Crippen LogP contribution in [-0.2, 0) is 0 Å². The van der Waals surface area contributed by atoms with Crippen molar-refractivity contribution in [1.29, 1.82) is 0 Å². The number of nitrogens with one attached hydrogen (secondary N) is 2. The van der Waals surface area contributed by atoms with Gasteiger partial charge in [0, 0.05) is 5.02 Å². The summed E-state index contributed by atoms with van der Waals surface area (Å²) in [5, 5.41) is 13.2. The predicted octanol–water partition coefficient (Wildman–Crippen LogP) is 1.71. The molecule has 2 rings (SSSR count). The van der Waals surface area contributed by atoms with Gasteiger partial charge in [-0.1, -0.05) is 29.0 Å². The van der Waals surface area contributed by atoms with E-state index in [9.17, 15) is 0 Å². The molecule has 1 heterocycles. The third-order valence-electron chi connectivity index (χ3n) is 2.03. The highest BCUT2D eigenvalue weighted by atomic mass is 35.5. The fourth-order valence-electron chi connectivity index (χ4n) is 1.18. The molecule has 0 saturated carbocycles. The molecule has 0 bridgehead atoms. The lowest BCUT2D eigenvalue weighted by Gasteiger charge is -2.01. The van der Waals surface area contributed by atoms with E-state index in [1.807, 2.05) is 19.1 Å². The average molecular weight is 283 g/mol. The molecule has 8 heteroatoms. The van der Waals surface area contributed by atoms with E-state index in [0.717, 1.165) is 5.69 Å². The summed E-state index contributed by atoms with van der Waals surface area (Å²) in [5.74, 6) is 5.27. The molecule has 94 valence electrons. The van der Waals surface area contributed by atoms with E-state index in [1.165, 1.54) is 11.3 Å². The molecule has 0 saturated heterocycles. The van der Waals surface area contributed by atoms with E-state index >= 15 is 0 Å². The summed E-state index contributed by atoms with van der Waals surface area (Å²) in [6.07, 6.45) is 0. The molecule has 0 atom stereocenters. The Hall–Kier alpha value is -1.70. The van der Waals surface area contributed by atoms with Gasteiger partial charge in [0.1, 0.15) is 0 Å². The Balaban J connectivity index is 2.28. The summed E-state index contributed by atoms with van der Waals surface area (Å²) in [4.78, 5) is 0. The van der Waals surface area contributed by atoms with Crippen molar-refractivity contribution in [2.75, 3.05) is 10.9 Å². The first-order valence-electron chi connectivity index (χ1n) is 5.05. The summed E-state index contributed by atoms with van der Waals surface area (Å²) >= 11 is 7.18. The Labute approximate surface area is 112 Å². The number of halogens is 1. The van der Waals surface area contributed by atoms with Gasteiger partial charge in [-0.3, -0.25) is 10.9 Å². The van der Waals surface area contributed by atoms with E-state index in [-0.39, 0.29) is 0 Å². The number of nitrogens with two attached hydrogens (primary N) is 1. The zero-order valence-electron chi connectivity index (χ0n) is 9.51. The summed E-state index contributed by atoms with van der Waals surface area (Å²) in [7, 11) is 0. The maximum Gasteiger partial charge on any atom is 0.220 e. The van der Waals surface area contributed by atoms with Crippen LogP contribution in [0.3, 0.4) is 0 Å². The lowest BCUT2D eigenvalue weighted by Crippen LogP contribution is -2.14. The molecule has 1 aromatic heterocycles. The number of anilines is 2. The molecule has 0 amide bonds. The minimum Gasteiger partial charge on any atom is -0.298 e. The maximum absolute atomic E-state index is 5.88. The van der Waals surface area contributed by atoms with Gasteiger partial charge in [0.05, 0.1) is 11.4 Å². The van der Waals surface area contributed by atoms with Crippen molar-refractivity contribution in [2.45, 2.75) is 6.92 Å². The second-order valence-electron chi connectivity index (χ2n) is 3.38. The Bertz CT molecular complexity index is 611. The Morgan fingerprint density at radius 1 is 1.39 bits per heavy atom. The average Bonchev–Trinajstić information content (AvgIpc) is 2.38. The molecule has 6 nitrogen and oxygen atoms in total. The van der Waals surface area contributed by atoms with Gasteiger partial charge in [-0.15, -0.1) is 10.2 Å². The van der Waals surface area contributed by atoms with E-state index in [0.29, 0.717) is 20.5 Å². The molecule has 18 heavy (non-hydrogen) atoms. The first-order chi connectivity index (χ1) is 8.69. The van der Waals surface area contributed by atoms with Crippen molar-refractivity contribution < 1.29 is 0 Å². The van der Waals surface area contributed by atoms with Gasteiger partial charge in [0.15, 0.2) is 4.67 Å². The third kappa shape index (κ3) is 3.16. The Morgan fingerprint density at radius 2 is 2.22 bits per heavy atom. The van der Waals surface area contributed by atoms with Crippen LogP contribution in [0.5, 0.6) is 0 Å². The predicted molar refractivity (Wildman–Crippen MR) is 73.1 cm³/mol. The minimum atomic E-state index is 0.493. The first-order valence-corrected chi connectivity index (χ1v) is 6.25. The molecule has 0 fully saturated rings. The fraction of sp³-hybridized carbons (Fsp3) is 0.100. The van der Waals surface area contributed by atoms with E-state index in [1.54, 1.807) is 12.1 Å². The van der Waals surface area contributed by atoms with Crippen molar-refractivity contribution in [3.8, 4) is 0 Å². The standard InChI is InChI=1S/C10H11ClN6S/c1-6-9(18-10(13-12)17-14-6)16-15-8-4-2-3-7(11)5-8/h2-5,15H,12H2,1H3,(H,13,17)/b16-9-. The molecular formula is C10H11ClN6S. The van der Waals surface area contributed by atoms with Gasteiger partial charge in [0.2, 0.25) is 5.13 Å². The van der Waals surface area contributed by atoms with Gasteiger partial charge in [-0.05, 0) is 25.1 Å². The molecule has 0 radical (unpaired) electrons. The van der Waals surface area contributed by atoms with E-state index in [2.05, 4.69) is 26.2 Å². The van der Waals surface area contributed by atoms with Crippen LogP contribution in [0.15, 0.2) is 29.4 Å². The number of nitrogen functional groups attached to an aromatic ring is 1. The summed E-state index contributed by atoms with van der Waals surface area (Å²) < 4.78 is 0.693. The van der Waals surface area contributed by atoms with Gasteiger partial charge in [0.25, 0.3) is 0 Å². The number of hydrazine groups is 1. The lowest BCUT2D eigenvalue weighted by atomic mass is 10.3. The molecule has 4 N–H and O–H groups in total. The van der Waals surface area contributed by atoms with E-state index < -0.39 is 0 Å². The smallest absolute Gasteiger partial charge is 0.220 e. The SMILES string of the molecule is Cc1nnc(NN)s/c1=N\Nc1cccc(Cl)c1. The van der Waals surface area contributed by atoms with Crippen LogP contribution in [0.25, 0.3) is 0 Å². The van der Waals surface area contributed by atoms with Crippen molar-refractivity contribution in [2.24, 2.45) is 10.9 Å². The highest BCUT2D eigenvalue weighted by Gasteiger charge is 1.98. The summed E-state index contributed by atoms with van der Waals surface area (Å²) in [6.45, 7) is 1.82. The largest absolute Gasteiger partial charge is 0.298 e. The first kappa shape index (κ1) is 12.7. The van der Waals surface area contributed by atoms with Crippen LogP contribution in [-0.4, -0.2) is 10.2 Å². The molecule has 0 aliphatic rings. The minimum absolute atomic E-state index is 0.493. The van der Waals surface area contributed by atoms with Gasteiger partial charge in [-0.2, -0.15) is 5.10 Å². The molecular weight excluding hydrogens is 272 g/mol. The number of hydrogen-bond acceptors (Lipinski definition) is 7. The van der Waals surface area contributed by atoms with Crippen molar-refractivity contribution in [3.63, 3.8) is 0 Å². The van der Waals surface area contributed by atoms with Crippen LogP contribution >= 0.6 is 22.9 Å². The van der Waals surface area contributed by atoms with Gasteiger partial charge >= 0.3 is 0 Å². The Kier molecular flexibility index (Phi) is 4.08. The third-order valence-corrected chi connectivity index (χ3v) is 3.24. The molecule has 0 unspecified atom stereocenters. The normalized spacial score (nSPS) is 11.4. The number of hydrogen-bond donors (Lipinski definition) is 3. The number of aromatic nitrogens is 2. The second-order valence-corrected chi connectivity index (χ2v) is 4.79. The molecule has 1 aromatic carbocycles. The van der Waals surface area contributed by atoms with Crippen molar-refractivity contribution in [3.05, 3.63) is 39.7 Å². The number of nitrogens with zero attached hydrogens (tertiary/aromatic N) is 3. The molecule has 0 aliphatic heterocycles. The molecule has 0 aliphatic carbocycles. The van der Waals surface area contributed by atoms with Crippen LogP contribution < -0.4 is 21.4 Å². The topological polar surface area (TPSA) is 88.2 Å². The monoisotopic (exact) mass is 282 g/mol. The highest BCUT2D eigenvalue weighted by molar-refractivity contribution is 7.12. The Morgan fingerprint density at radius 3 is 2.94 bits per heavy atom. The maximum atomic E-state index is 5.88. The lowest BCUT2D eigenvalue weighted by molar-refractivity contribution is 0.975. The van der Waals surface area contributed by atoms with Crippen molar-refractivity contribution >= 4 is 33.8 Å². The molecule has 2 aromatic rings. The highest BCUT2D eigenvalue weighted by Crippen LogP contribution is 2.14. The number of rotatable bonds is 3. The molecule has 0 spiro atoms. The van der Waals surface area contributed by atoms with Crippen molar-refractivity contribution in [1.82, 2.24) is 10.2 Å². The summed E-state index contributed by atoms with van der Waals surface area (Å²) in [5.41, 5.74) is 6.86. The second kappa shape index (κ2) is 5.76. The van der Waals surface area contributed by atoms with Crippen LogP contribution in [0.4, 0.5) is 10.8 Å². The van der Waals surface area contributed by atoms with Crippen LogP contribution in [0.2, 0.25) is 5.02 Å². The number of benzene rings is 1. The fourth-order valence-corrected chi connectivity index (χ4v) is 1.98. The van der Waals surface area contributed by atoms with E-state index in [4.69, 9.17) is 17.4 Å². The zero-order chi connectivity index (χ0) is 13.0. The number of aryl methyl sites for hydroxylation is 1. The van der Waals surface area contributed by atoms with Gasteiger partial charge in [-0.25, -0.2) is 5.84 Å². The van der Waals surface area contributed by atoms with Gasteiger partial charge < -0.3 is 0 Å². The zero-order valence-corrected chi connectivity index (χ0v) is 11.1. The van der Waals surface area contributed by atoms with Crippen LogP contribution in [0.1, 0.15) is 5.69 Å². The summed E-state index contributed by atoms with van der Waals surface area (Å²) in [6, 6.07) is 7.28. The van der Waals surface area contributed by atoms with Crippen LogP contribution in [0, 0.1) is 6.92 Å². The quantitative estimate of drug-likeness (QED) is 0.589.